The molecule has 20 heavy (non-hydrogen) atoms. The molecule has 1 unspecified atom stereocenters. The molecule has 2 N–H and O–H groups in total. The van der Waals surface area contributed by atoms with Crippen LogP contribution in [0.15, 0.2) is 24.3 Å². The Morgan fingerprint density at radius 1 is 0.950 bits per heavy atom. The van der Waals surface area contributed by atoms with Crippen LogP contribution in [0, 0.1) is 5.92 Å². The third kappa shape index (κ3) is 3.75. The van der Waals surface area contributed by atoms with E-state index < -0.39 is 17.8 Å². The highest BCUT2D eigenvalue weighted by Gasteiger charge is 2.35. The van der Waals surface area contributed by atoms with Crippen molar-refractivity contribution in [2.75, 3.05) is 0 Å². The molecule has 1 aromatic rings. The van der Waals surface area contributed by atoms with E-state index in [0.29, 0.717) is 0 Å². The van der Waals surface area contributed by atoms with Crippen molar-refractivity contribution in [1.29, 1.82) is 0 Å². The Morgan fingerprint density at radius 3 is 2.10 bits per heavy atom. The molecule has 0 saturated heterocycles. The highest BCUT2D eigenvalue weighted by atomic mass is 19.4. The number of benzene rings is 1. The van der Waals surface area contributed by atoms with Crippen molar-refractivity contribution in [1.82, 2.24) is 0 Å². The zero-order chi connectivity index (χ0) is 14.6. The molecule has 0 aliphatic heterocycles. The lowest BCUT2D eigenvalue weighted by Crippen LogP contribution is -2.25. The second-order valence-electron chi connectivity index (χ2n) is 5.72. The molecular formula is C16H22F3N. The Morgan fingerprint density at radius 2 is 1.50 bits per heavy atom. The average molecular weight is 285 g/mol. The first-order valence-electron chi connectivity index (χ1n) is 7.42. The van der Waals surface area contributed by atoms with Gasteiger partial charge in [0.15, 0.2) is 0 Å². The van der Waals surface area contributed by atoms with Crippen LogP contribution in [-0.2, 0) is 6.18 Å². The fourth-order valence-corrected chi connectivity index (χ4v) is 3.15. The maximum absolute atomic E-state index is 13.1. The molecule has 1 aliphatic rings. The van der Waals surface area contributed by atoms with Gasteiger partial charge in [-0.2, -0.15) is 13.2 Å². The van der Waals surface area contributed by atoms with Crippen LogP contribution < -0.4 is 5.73 Å². The van der Waals surface area contributed by atoms with Gasteiger partial charge >= 0.3 is 6.18 Å². The van der Waals surface area contributed by atoms with Crippen LogP contribution in [0.25, 0.3) is 0 Å². The second-order valence-corrected chi connectivity index (χ2v) is 5.72. The Balaban J connectivity index is 2.21. The van der Waals surface area contributed by atoms with Crippen molar-refractivity contribution in [3.63, 3.8) is 0 Å². The number of rotatable bonds is 2. The van der Waals surface area contributed by atoms with Crippen LogP contribution in [0.1, 0.15) is 62.1 Å². The predicted octanol–water partition coefficient (Wildman–Crippen LogP) is 5.07. The number of nitrogens with two attached hydrogens (primary N) is 1. The summed E-state index contributed by atoms with van der Waals surface area (Å²) in [7, 11) is 0. The van der Waals surface area contributed by atoms with Crippen molar-refractivity contribution in [2.24, 2.45) is 11.7 Å². The van der Waals surface area contributed by atoms with Crippen molar-refractivity contribution in [2.45, 2.75) is 57.2 Å². The first kappa shape index (κ1) is 15.4. The molecule has 0 radical (unpaired) electrons. The zero-order valence-corrected chi connectivity index (χ0v) is 11.6. The van der Waals surface area contributed by atoms with Crippen LogP contribution >= 0.6 is 0 Å². The normalized spacial score (nSPS) is 20.2. The smallest absolute Gasteiger partial charge is 0.324 e. The van der Waals surface area contributed by atoms with Gasteiger partial charge in [0.2, 0.25) is 0 Å². The molecule has 112 valence electrons. The fraction of sp³-hybridized carbons (Fsp3) is 0.625. The van der Waals surface area contributed by atoms with Crippen LogP contribution in [-0.4, -0.2) is 0 Å². The lowest BCUT2D eigenvalue weighted by atomic mass is 9.82. The maximum Gasteiger partial charge on any atom is 0.416 e. The van der Waals surface area contributed by atoms with Crippen molar-refractivity contribution in [3.05, 3.63) is 35.4 Å². The van der Waals surface area contributed by atoms with Crippen molar-refractivity contribution >= 4 is 0 Å². The SMILES string of the molecule is NC(c1ccccc1C(F)(F)F)C1CCCCCCC1. The summed E-state index contributed by atoms with van der Waals surface area (Å²) in [5.74, 6) is 0.166. The van der Waals surface area contributed by atoms with Gasteiger partial charge in [0.25, 0.3) is 0 Å². The molecule has 0 amide bonds. The van der Waals surface area contributed by atoms with Gasteiger partial charge in [0, 0.05) is 6.04 Å². The molecule has 0 bridgehead atoms. The summed E-state index contributed by atoms with van der Waals surface area (Å²) in [4.78, 5) is 0. The number of hydrogen-bond acceptors (Lipinski definition) is 1. The number of hydrogen-bond donors (Lipinski definition) is 1. The average Bonchev–Trinajstić information content (AvgIpc) is 2.37. The van der Waals surface area contributed by atoms with E-state index in [2.05, 4.69) is 0 Å². The molecule has 0 heterocycles. The second kappa shape index (κ2) is 6.61. The van der Waals surface area contributed by atoms with Crippen LogP contribution in [0.2, 0.25) is 0 Å². The topological polar surface area (TPSA) is 26.0 Å². The molecule has 1 saturated carbocycles. The Hall–Kier alpha value is -1.03. The minimum Gasteiger partial charge on any atom is -0.324 e. The first-order valence-corrected chi connectivity index (χ1v) is 7.42. The maximum atomic E-state index is 13.1. The molecule has 4 heteroatoms. The van der Waals surface area contributed by atoms with Crippen LogP contribution in [0.5, 0.6) is 0 Å². The van der Waals surface area contributed by atoms with E-state index in [1.807, 2.05) is 0 Å². The van der Waals surface area contributed by atoms with E-state index in [0.717, 1.165) is 31.7 Å². The largest absolute Gasteiger partial charge is 0.416 e. The van der Waals surface area contributed by atoms with E-state index in [9.17, 15) is 13.2 Å². The van der Waals surface area contributed by atoms with Crippen LogP contribution in [0.4, 0.5) is 13.2 Å². The van der Waals surface area contributed by atoms with Crippen molar-refractivity contribution in [3.8, 4) is 0 Å². The number of alkyl halides is 3. The van der Waals surface area contributed by atoms with E-state index in [4.69, 9.17) is 5.73 Å². The Bertz CT molecular complexity index is 420. The number of halogens is 3. The summed E-state index contributed by atoms with van der Waals surface area (Å²) in [6.45, 7) is 0. The lowest BCUT2D eigenvalue weighted by Gasteiger charge is -2.28. The van der Waals surface area contributed by atoms with E-state index in [-0.39, 0.29) is 11.5 Å². The minimum absolute atomic E-state index is 0.166. The van der Waals surface area contributed by atoms with E-state index >= 15 is 0 Å². The lowest BCUT2D eigenvalue weighted by molar-refractivity contribution is -0.138. The third-order valence-electron chi connectivity index (χ3n) is 4.28. The molecule has 1 fully saturated rings. The molecule has 1 aromatic carbocycles. The van der Waals surface area contributed by atoms with E-state index in [1.54, 1.807) is 6.07 Å². The highest BCUT2D eigenvalue weighted by Crippen LogP contribution is 2.38. The Kier molecular flexibility index (Phi) is 5.08. The molecule has 1 nitrogen and oxygen atoms in total. The summed E-state index contributed by atoms with van der Waals surface area (Å²) in [6, 6.07) is 5.24. The van der Waals surface area contributed by atoms with Gasteiger partial charge in [-0.15, -0.1) is 0 Å². The minimum atomic E-state index is -4.32. The molecule has 1 atom stereocenters. The van der Waals surface area contributed by atoms with Gasteiger partial charge in [-0.1, -0.05) is 50.3 Å². The standard InChI is InChI=1S/C16H22F3N/c17-16(18,19)14-11-7-6-10-13(14)15(20)12-8-4-2-1-3-5-9-12/h6-7,10-12,15H,1-5,8-9,20H2. The van der Waals surface area contributed by atoms with Crippen LogP contribution in [0.3, 0.4) is 0 Å². The summed E-state index contributed by atoms with van der Waals surface area (Å²) >= 11 is 0. The van der Waals surface area contributed by atoms with Gasteiger partial charge in [-0.25, -0.2) is 0 Å². The summed E-state index contributed by atoms with van der Waals surface area (Å²) in [6.07, 6.45) is 3.28. The van der Waals surface area contributed by atoms with Gasteiger partial charge in [0.1, 0.15) is 0 Å². The van der Waals surface area contributed by atoms with Gasteiger partial charge in [0.05, 0.1) is 5.56 Å². The third-order valence-corrected chi connectivity index (χ3v) is 4.28. The zero-order valence-electron chi connectivity index (χ0n) is 11.6. The molecule has 0 aromatic heterocycles. The van der Waals surface area contributed by atoms with Gasteiger partial charge in [-0.3, -0.25) is 0 Å². The highest BCUT2D eigenvalue weighted by molar-refractivity contribution is 5.32. The first-order chi connectivity index (χ1) is 9.50. The summed E-state index contributed by atoms with van der Waals surface area (Å²) < 4.78 is 39.2. The summed E-state index contributed by atoms with van der Waals surface area (Å²) in [5, 5.41) is 0. The summed E-state index contributed by atoms with van der Waals surface area (Å²) in [5.41, 5.74) is 5.87. The molecule has 2 rings (SSSR count). The molecule has 1 aliphatic carbocycles. The van der Waals surface area contributed by atoms with Gasteiger partial charge < -0.3 is 5.73 Å². The predicted molar refractivity (Wildman–Crippen MR) is 74.2 cm³/mol. The monoisotopic (exact) mass is 285 g/mol. The molecule has 0 spiro atoms. The van der Waals surface area contributed by atoms with E-state index in [1.165, 1.54) is 31.4 Å². The molecular weight excluding hydrogens is 263 g/mol. The fourth-order valence-electron chi connectivity index (χ4n) is 3.15. The quantitative estimate of drug-likeness (QED) is 0.807. The van der Waals surface area contributed by atoms with Crippen molar-refractivity contribution < 1.29 is 13.2 Å². The van der Waals surface area contributed by atoms with Gasteiger partial charge in [-0.05, 0) is 30.4 Å². The Labute approximate surface area is 118 Å².